The van der Waals surface area contributed by atoms with Crippen LogP contribution in [0.5, 0.6) is 5.75 Å². The van der Waals surface area contributed by atoms with Gasteiger partial charge in [0.05, 0.1) is 30.8 Å². The Bertz CT molecular complexity index is 754. The van der Waals surface area contributed by atoms with Crippen LogP contribution in [0.4, 0.5) is 5.69 Å². The number of thioether (sulfide) groups is 1. The highest BCUT2D eigenvalue weighted by atomic mass is 32.2. The van der Waals surface area contributed by atoms with Crippen LogP contribution >= 0.6 is 11.8 Å². The molecule has 2 N–H and O–H groups in total. The Kier molecular flexibility index (Phi) is 6.46. The largest absolute Gasteiger partial charge is 0.495 e. The molecule has 1 aromatic carbocycles. The van der Waals surface area contributed by atoms with Gasteiger partial charge in [-0.1, -0.05) is 17.8 Å². The zero-order valence-corrected chi connectivity index (χ0v) is 15.5. The zero-order valence-electron chi connectivity index (χ0n) is 14.6. The molecule has 2 amide bonds. The van der Waals surface area contributed by atoms with Gasteiger partial charge in [-0.3, -0.25) is 9.59 Å². The standard InChI is InChI=1S/C17H21N3O4S/c1-10-5-6-14(23-4)13(7-10)20-15(21)8-18-16(22)9-25-17-19-11(2)12(3)24-17/h5-7H,8-9H2,1-4H3,(H,18,22)(H,20,21). The smallest absolute Gasteiger partial charge is 0.256 e. The van der Waals surface area contributed by atoms with Crippen molar-refractivity contribution in [3.8, 4) is 5.75 Å². The lowest BCUT2D eigenvalue weighted by Crippen LogP contribution is -2.34. The van der Waals surface area contributed by atoms with Crippen LogP contribution in [-0.4, -0.2) is 36.2 Å². The second kappa shape index (κ2) is 8.57. The van der Waals surface area contributed by atoms with Gasteiger partial charge in [-0.25, -0.2) is 4.98 Å². The van der Waals surface area contributed by atoms with E-state index in [1.165, 1.54) is 18.9 Å². The van der Waals surface area contributed by atoms with Crippen LogP contribution in [0.25, 0.3) is 0 Å². The molecule has 0 spiro atoms. The van der Waals surface area contributed by atoms with Crippen molar-refractivity contribution in [2.75, 3.05) is 24.7 Å². The van der Waals surface area contributed by atoms with Gasteiger partial charge in [0.15, 0.2) is 0 Å². The average molecular weight is 363 g/mol. The number of nitrogens with one attached hydrogen (secondary N) is 2. The van der Waals surface area contributed by atoms with Crippen molar-refractivity contribution >= 4 is 29.3 Å². The highest BCUT2D eigenvalue weighted by Gasteiger charge is 2.12. The fraction of sp³-hybridized carbons (Fsp3) is 0.353. The molecule has 8 heteroatoms. The number of oxazole rings is 1. The molecule has 1 aromatic heterocycles. The molecular weight excluding hydrogens is 342 g/mol. The molecule has 0 bridgehead atoms. The quantitative estimate of drug-likeness (QED) is 0.734. The second-order valence-corrected chi connectivity index (χ2v) is 6.37. The summed E-state index contributed by atoms with van der Waals surface area (Å²) >= 11 is 1.19. The van der Waals surface area contributed by atoms with Crippen LogP contribution in [0, 0.1) is 20.8 Å². The molecule has 2 rings (SSSR count). The maximum atomic E-state index is 12.0. The van der Waals surface area contributed by atoms with Crippen molar-refractivity contribution < 1.29 is 18.7 Å². The van der Waals surface area contributed by atoms with E-state index >= 15 is 0 Å². The average Bonchev–Trinajstić information content (AvgIpc) is 2.89. The highest BCUT2D eigenvalue weighted by molar-refractivity contribution is 7.99. The Hall–Kier alpha value is -2.48. The number of aromatic nitrogens is 1. The number of carbonyl (C=O) groups is 2. The zero-order chi connectivity index (χ0) is 18.4. The number of rotatable bonds is 7. The van der Waals surface area contributed by atoms with Crippen LogP contribution in [-0.2, 0) is 9.59 Å². The summed E-state index contributed by atoms with van der Waals surface area (Å²) in [6, 6.07) is 5.47. The van der Waals surface area contributed by atoms with Crippen LogP contribution in [0.3, 0.4) is 0 Å². The van der Waals surface area contributed by atoms with Gasteiger partial charge < -0.3 is 19.8 Å². The number of hydrogen-bond acceptors (Lipinski definition) is 6. The molecule has 134 valence electrons. The van der Waals surface area contributed by atoms with Crippen molar-refractivity contribution in [1.82, 2.24) is 10.3 Å². The Morgan fingerprint density at radius 3 is 2.64 bits per heavy atom. The van der Waals surface area contributed by atoms with Crippen LogP contribution in [0.1, 0.15) is 17.0 Å². The van der Waals surface area contributed by atoms with Gasteiger partial charge in [0, 0.05) is 0 Å². The van der Waals surface area contributed by atoms with E-state index in [1.807, 2.05) is 32.9 Å². The lowest BCUT2D eigenvalue weighted by Gasteiger charge is -2.11. The number of anilines is 1. The fourth-order valence-corrected chi connectivity index (χ4v) is 2.72. The van der Waals surface area contributed by atoms with Gasteiger partial charge in [-0.15, -0.1) is 0 Å². The summed E-state index contributed by atoms with van der Waals surface area (Å²) in [4.78, 5) is 28.0. The van der Waals surface area contributed by atoms with E-state index in [0.29, 0.717) is 16.7 Å². The minimum absolute atomic E-state index is 0.125. The van der Waals surface area contributed by atoms with Gasteiger partial charge in [0.25, 0.3) is 5.22 Å². The molecular formula is C17H21N3O4S. The molecule has 0 saturated carbocycles. The minimum atomic E-state index is -0.329. The number of ether oxygens (including phenoxy) is 1. The van der Waals surface area contributed by atoms with Crippen molar-refractivity contribution in [1.29, 1.82) is 0 Å². The van der Waals surface area contributed by atoms with Gasteiger partial charge in [-0.05, 0) is 38.5 Å². The van der Waals surface area contributed by atoms with Crippen LogP contribution < -0.4 is 15.4 Å². The Morgan fingerprint density at radius 2 is 2.00 bits per heavy atom. The van der Waals surface area contributed by atoms with Crippen molar-refractivity contribution in [2.45, 2.75) is 26.0 Å². The maximum absolute atomic E-state index is 12.0. The van der Waals surface area contributed by atoms with Gasteiger partial charge in [-0.2, -0.15) is 0 Å². The number of amides is 2. The van der Waals surface area contributed by atoms with Crippen LogP contribution in [0.15, 0.2) is 27.8 Å². The predicted molar refractivity (Wildman–Crippen MR) is 96.1 cm³/mol. The summed E-state index contributed by atoms with van der Waals surface area (Å²) < 4.78 is 10.6. The third-order valence-corrected chi connectivity index (χ3v) is 4.24. The van der Waals surface area contributed by atoms with E-state index in [1.54, 1.807) is 6.07 Å². The summed E-state index contributed by atoms with van der Waals surface area (Å²) in [5.74, 6) is 0.820. The number of hydrogen-bond donors (Lipinski definition) is 2. The molecule has 0 fully saturated rings. The van der Waals surface area contributed by atoms with Gasteiger partial charge >= 0.3 is 0 Å². The Labute approximate surface area is 150 Å². The van der Waals surface area contributed by atoms with Crippen molar-refractivity contribution in [3.05, 3.63) is 35.2 Å². The minimum Gasteiger partial charge on any atom is -0.495 e. The van der Waals surface area contributed by atoms with E-state index in [4.69, 9.17) is 9.15 Å². The summed E-state index contributed by atoms with van der Waals surface area (Å²) in [6.45, 7) is 5.45. The predicted octanol–water partition coefficient (Wildman–Crippen LogP) is 2.46. The first-order valence-electron chi connectivity index (χ1n) is 7.67. The molecule has 0 atom stereocenters. The number of benzene rings is 1. The van der Waals surface area contributed by atoms with Crippen molar-refractivity contribution in [3.63, 3.8) is 0 Å². The lowest BCUT2D eigenvalue weighted by atomic mass is 10.2. The molecule has 25 heavy (non-hydrogen) atoms. The third kappa shape index (κ3) is 5.53. The van der Waals surface area contributed by atoms with Crippen LogP contribution in [0.2, 0.25) is 0 Å². The first-order chi connectivity index (χ1) is 11.9. The summed E-state index contributed by atoms with van der Waals surface area (Å²) in [7, 11) is 1.53. The summed E-state index contributed by atoms with van der Waals surface area (Å²) in [6.07, 6.45) is 0. The topological polar surface area (TPSA) is 93.5 Å². The summed E-state index contributed by atoms with van der Waals surface area (Å²) in [5, 5.41) is 5.73. The fourth-order valence-electron chi connectivity index (χ4n) is 1.98. The van der Waals surface area contributed by atoms with Crippen molar-refractivity contribution in [2.24, 2.45) is 0 Å². The molecule has 7 nitrogen and oxygen atoms in total. The molecule has 2 aromatic rings. The highest BCUT2D eigenvalue weighted by Crippen LogP contribution is 2.25. The van der Waals surface area contributed by atoms with Gasteiger partial charge in [0.2, 0.25) is 11.8 Å². The SMILES string of the molecule is COc1ccc(C)cc1NC(=O)CNC(=O)CSc1nc(C)c(C)o1. The van der Waals surface area contributed by atoms with Gasteiger partial charge in [0.1, 0.15) is 11.5 Å². The first kappa shape index (κ1) is 18.9. The van der Waals surface area contributed by atoms with E-state index < -0.39 is 0 Å². The van der Waals surface area contributed by atoms with E-state index in [2.05, 4.69) is 15.6 Å². The second-order valence-electron chi connectivity index (χ2n) is 5.44. The monoisotopic (exact) mass is 363 g/mol. The van der Waals surface area contributed by atoms with E-state index in [0.717, 1.165) is 17.0 Å². The van der Waals surface area contributed by atoms with E-state index in [-0.39, 0.29) is 24.1 Å². The molecule has 0 unspecified atom stereocenters. The molecule has 0 aliphatic heterocycles. The Morgan fingerprint density at radius 1 is 1.24 bits per heavy atom. The molecule has 0 saturated heterocycles. The summed E-state index contributed by atoms with van der Waals surface area (Å²) in [5.41, 5.74) is 2.37. The first-order valence-corrected chi connectivity index (χ1v) is 8.65. The number of methoxy groups -OCH3 is 1. The number of carbonyl (C=O) groups excluding carboxylic acids is 2. The molecule has 0 aliphatic carbocycles. The number of aryl methyl sites for hydroxylation is 3. The maximum Gasteiger partial charge on any atom is 0.256 e. The molecule has 0 radical (unpaired) electrons. The molecule has 1 heterocycles. The number of nitrogens with zero attached hydrogens (tertiary/aromatic N) is 1. The lowest BCUT2D eigenvalue weighted by molar-refractivity contribution is -0.122. The normalized spacial score (nSPS) is 10.4. The molecule has 0 aliphatic rings. The van der Waals surface area contributed by atoms with E-state index in [9.17, 15) is 9.59 Å². The third-order valence-electron chi connectivity index (χ3n) is 3.41. The Balaban J connectivity index is 1.79.